The smallest absolute Gasteiger partial charge is 0.112 e. The van der Waals surface area contributed by atoms with Crippen molar-refractivity contribution in [3.05, 3.63) is 91.0 Å². The van der Waals surface area contributed by atoms with Crippen LogP contribution in [0.25, 0.3) is 0 Å². The third kappa shape index (κ3) is 3.75. The van der Waals surface area contributed by atoms with E-state index in [1.165, 1.54) is 28.5 Å². The SMILES string of the molecule is CCC[P+](c1ccccc1)(c1ccccc1)c1ccccc1.C[O-]. The van der Waals surface area contributed by atoms with Crippen molar-refractivity contribution in [1.82, 2.24) is 0 Å². The van der Waals surface area contributed by atoms with Crippen LogP contribution in [0.5, 0.6) is 0 Å². The minimum Gasteiger partial charge on any atom is -0.857 e. The number of hydrogen-bond acceptors (Lipinski definition) is 1. The lowest BCUT2D eigenvalue weighted by Gasteiger charge is -2.27. The first-order chi connectivity index (χ1) is 11.9. The molecule has 1 nitrogen and oxygen atoms in total. The molecule has 24 heavy (non-hydrogen) atoms. The first kappa shape index (κ1) is 18.4. The largest absolute Gasteiger partial charge is 0.857 e. The Morgan fingerprint density at radius 2 is 0.875 bits per heavy atom. The average molecular weight is 336 g/mol. The maximum absolute atomic E-state index is 8.25. The summed E-state index contributed by atoms with van der Waals surface area (Å²) in [6, 6.07) is 33.2. The molecule has 0 unspecified atom stereocenters. The van der Waals surface area contributed by atoms with Crippen molar-refractivity contribution in [3.8, 4) is 0 Å². The zero-order chi connectivity index (χ0) is 17.3. The lowest BCUT2D eigenvalue weighted by atomic mass is 10.4. The Morgan fingerprint density at radius 3 is 1.12 bits per heavy atom. The third-order valence-corrected chi connectivity index (χ3v) is 8.81. The summed E-state index contributed by atoms with van der Waals surface area (Å²) in [5.74, 6) is 0. The maximum atomic E-state index is 8.25. The fraction of sp³-hybridized carbons (Fsp3) is 0.182. The van der Waals surface area contributed by atoms with Gasteiger partial charge in [-0.3, -0.25) is 0 Å². The van der Waals surface area contributed by atoms with E-state index in [9.17, 15) is 0 Å². The summed E-state index contributed by atoms with van der Waals surface area (Å²) in [5.41, 5.74) is 0. The fourth-order valence-electron chi connectivity index (χ4n) is 3.22. The molecule has 0 saturated heterocycles. The normalized spacial score (nSPS) is 10.6. The topological polar surface area (TPSA) is 23.1 Å². The molecule has 3 aromatic rings. The Hall–Kier alpha value is -1.95. The third-order valence-electron chi connectivity index (χ3n) is 4.15. The maximum Gasteiger partial charge on any atom is 0.112 e. The second-order valence-electron chi connectivity index (χ2n) is 5.54. The van der Waals surface area contributed by atoms with Crippen LogP contribution in [0.3, 0.4) is 0 Å². The molecule has 0 aliphatic carbocycles. The summed E-state index contributed by atoms with van der Waals surface area (Å²) in [7, 11) is -0.803. The minimum absolute atomic E-state index is 0.750. The molecule has 0 bridgehead atoms. The summed E-state index contributed by atoms with van der Waals surface area (Å²) in [4.78, 5) is 0. The van der Waals surface area contributed by atoms with Crippen LogP contribution in [-0.4, -0.2) is 13.3 Å². The monoisotopic (exact) mass is 336 g/mol. The van der Waals surface area contributed by atoms with Crippen LogP contribution in [0.4, 0.5) is 0 Å². The zero-order valence-electron chi connectivity index (χ0n) is 14.4. The number of rotatable bonds is 5. The van der Waals surface area contributed by atoms with Crippen molar-refractivity contribution in [2.45, 2.75) is 13.3 Å². The van der Waals surface area contributed by atoms with E-state index in [-0.39, 0.29) is 0 Å². The van der Waals surface area contributed by atoms with Crippen molar-refractivity contribution >= 4 is 23.2 Å². The van der Waals surface area contributed by atoms with E-state index in [1.807, 2.05) is 0 Å². The highest BCUT2D eigenvalue weighted by molar-refractivity contribution is 7.95. The molecule has 0 N–H and O–H groups in total. The Labute approximate surface area is 146 Å². The summed E-state index contributed by atoms with van der Waals surface area (Å²) in [6.07, 6.45) is 2.40. The zero-order valence-corrected chi connectivity index (χ0v) is 15.3. The lowest BCUT2D eigenvalue weighted by molar-refractivity contribution is -0.325. The second kappa shape index (κ2) is 9.37. The molecular weight excluding hydrogens is 311 g/mol. The van der Waals surface area contributed by atoms with Gasteiger partial charge in [-0.15, -0.1) is 0 Å². The first-order valence-corrected chi connectivity index (χ1v) is 10.3. The molecule has 0 atom stereocenters. The highest BCUT2D eigenvalue weighted by Crippen LogP contribution is 2.55. The Balaban J connectivity index is 0.00000100. The molecule has 0 saturated carbocycles. The molecule has 0 aliphatic heterocycles. The van der Waals surface area contributed by atoms with Gasteiger partial charge in [0.25, 0.3) is 0 Å². The van der Waals surface area contributed by atoms with Crippen LogP contribution < -0.4 is 21.0 Å². The Morgan fingerprint density at radius 1 is 0.583 bits per heavy atom. The predicted molar refractivity (Wildman–Crippen MR) is 106 cm³/mol. The van der Waals surface area contributed by atoms with Gasteiger partial charge in [0.15, 0.2) is 0 Å². The van der Waals surface area contributed by atoms with E-state index in [4.69, 9.17) is 5.11 Å². The molecule has 2 heteroatoms. The van der Waals surface area contributed by atoms with Crippen LogP contribution in [0.2, 0.25) is 0 Å². The number of benzene rings is 3. The van der Waals surface area contributed by atoms with Crippen LogP contribution in [0.1, 0.15) is 13.3 Å². The Kier molecular flexibility index (Phi) is 7.18. The van der Waals surface area contributed by atoms with Crippen molar-refractivity contribution in [2.24, 2.45) is 0 Å². The van der Waals surface area contributed by atoms with Gasteiger partial charge in [0.05, 0.1) is 6.16 Å². The second-order valence-corrected chi connectivity index (χ2v) is 9.16. The van der Waals surface area contributed by atoms with E-state index in [0.717, 1.165) is 7.11 Å². The average Bonchev–Trinajstić information content (AvgIpc) is 2.70. The lowest BCUT2D eigenvalue weighted by Crippen LogP contribution is -2.33. The minimum atomic E-state index is -1.55. The molecule has 124 valence electrons. The van der Waals surface area contributed by atoms with E-state index in [1.54, 1.807) is 0 Å². The molecular formula is C22H25OP. The molecule has 0 aromatic heterocycles. The number of hydrogen-bond donors (Lipinski definition) is 0. The quantitative estimate of drug-likeness (QED) is 0.655. The molecule has 0 aliphatic rings. The molecule has 0 fully saturated rings. The van der Waals surface area contributed by atoms with Gasteiger partial charge >= 0.3 is 0 Å². The van der Waals surface area contributed by atoms with E-state index in [0.29, 0.717) is 0 Å². The van der Waals surface area contributed by atoms with Gasteiger partial charge < -0.3 is 5.11 Å². The summed E-state index contributed by atoms with van der Waals surface area (Å²) in [6.45, 7) is 2.30. The van der Waals surface area contributed by atoms with Crippen LogP contribution in [0, 0.1) is 0 Å². The van der Waals surface area contributed by atoms with Crippen LogP contribution in [0.15, 0.2) is 91.0 Å². The van der Waals surface area contributed by atoms with Gasteiger partial charge in [-0.05, 0) is 42.8 Å². The van der Waals surface area contributed by atoms with Gasteiger partial charge in [-0.1, -0.05) is 61.5 Å². The van der Waals surface area contributed by atoms with Crippen molar-refractivity contribution < 1.29 is 5.11 Å². The highest BCUT2D eigenvalue weighted by atomic mass is 31.2. The first-order valence-electron chi connectivity index (χ1n) is 8.33. The highest BCUT2D eigenvalue weighted by Gasteiger charge is 2.43. The molecule has 0 heterocycles. The van der Waals surface area contributed by atoms with E-state index >= 15 is 0 Å². The van der Waals surface area contributed by atoms with Gasteiger partial charge in [0, 0.05) is 0 Å². The molecule has 0 spiro atoms. The molecule has 0 amide bonds. The van der Waals surface area contributed by atoms with Crippen molar-refractivity contribution in [1.29, 1.82) is 0 Å². The van der Waals surface area contributed by atoms with Gasteiger partial charge in [-0.25, -0.2) is 0 Å². The summed E-state index contributed by atoms with van der Waals surface area (Å²) in [5, 5.41) is 12.7. The van der Waals surface area contributed by atoms with Crippen molar-refractivity contribution in [2.75, 3.05) is 13.3 Å². The summed E-state index contributed by atoms with van der Waals surface area (Å²) < 4.78 is 0. The van der Waals surface area contributed by atoms with Gasteiger partial charge in [0.1, 0.15) is 23.2 Å². The molecule has 0 radical (unpaired) electrons. The van der Waals surface area contributed by atoms with Gasteiger partial charge in [0.2, 0.25) is 0 Å². The van der Waals surface area contributed by atoms with Crippen LogP contribution in [-0.2, 0) is 0 Å². The van der Waals surface area contributed by atoms with Crippen LogP contribution >= 0.6 is 7.26 Å². The standard InChI is InChI=1S/C21H22P.CH3O/c1-2-18-22(19-12-6-3-7-13-19,20-14-8-4-9-15-20)21-16-10-5-11-17-21;1-2/h3-17H,2,18H2,1H3;1H3/q+1;-1. The fourth-order valence-corrected chi connectivity index (χ4v) is 7.60. The molecule has 3 aromatic carbocycles. The summed E-state index contributed by atoms with van der Waals surface area (Å²) >= 11 is 0. The van der Waals surface area contributed by atoms with E-state index < -0.39 is 7.26 Å². The van der Waals surface area contributed by atoms with Crippen molar-refractivity contribution in [3.63, 3.8) is 0 Å². The Bertz CT molecular complexity index is 599. The predicted octanol–water partition coefficient (Wildman–Crippen LogP) is 3.37. The van der Waals surface area contributed by atoms with E-state index in [2.05, 4.69) is 97.9 Å². The molecule has 3 rings (SSSR count). The van der Waals surface area contributed by atoms with Gasteiger partial charge in [-0.2, -0.15) is 7.11 Å².